The number of nitrogen functional groups attached to an aromatic ring is 1. The quantitative estimate of drug-likeness (QED) is 0.357. The molecular formula is C34H53N3O2. The molecule has 0 aliphatic heterocycles. The largest absolute Gasteiger partial charge is 0.481 e. The van der Waals surface area contributed by atoms with Gasteiger partial charge in [-0.15, -0.1) is 0 Å². The Bertz CT molecular complexity index is 1250. The van der Waals surface area contributed by atoms with Gasteiger partial charge in [0.2, 0.25) is 0 Å². The molecule has 216 valence electrons. The summed E-state index contributed by atoms with van der Waals surface area (Å²) in [6.45, 7) is 21.5. The number of hydrogen-bond acceptors (Lipinski definition) is 3. The van der Waals surface area contributed by atoms with Crippen molar-refractivity contribution in [3.05, 3.63) is 35.1 Å². The number of hydrogen-bond donors (Lipinski definition) is 3. The van der Waals surface area contributed by atoms with Gasteiger partial charge >= 0.3 is 5.97 Å². The number of carbonyl (C=O) groups is 1. The number of anilines is 1. The van der Waals surface area contributed by atoms with E-state index in [2.05, 4.69) is 71.3 Å². The number of nitrogens with zero attached hydrogens (tertiary/aromatic N) is 1. The maximum Gasteiger partial charge on any atom is 0.310 e. The highest BCUT2D eigenvalue weighted by Gasteiger charge is 2.70. The summed E-state index contributed by atoms with van der Waals surface area (Å²) in [6.07, 6.45) is 10.9. The molecule has 0 aromatic carbocycles. The lowest BCUT2D eigenvalue weighted by Crippen LogP contribution is -2.65. The predicted molar refractivity (Wildman–Crippen MR) is 159 cm³/mol. The lowest BCUT2D eigenvalue weighted by molar-refractivity contribution is -0.177. The van der Waals surface area contributed by atoms with E-state index in [1.807, 2.05) is 0 Å². The lowest BCUT2D eigenvalue weighted by Gasteiger charge is -2.71. The van der Waals surface area contributed by atoms with E-state index < -0.39 is 11.4 Å². The zero-order valence-corrected chi connectivity index (χ0v) is 24.8. The molecule has 1 heterocycles. The normalized spacial score (nSPS) is 43.5. The molecular weight excluding hydrogens is 482 g/mol. The van der Waals surface area contributed by atoms with Crippen molar-refractivity contribution in [3.63, 3.8) is 0 Å². The molecule has 5 heteroatoms. The maximum atomic E-state index is 13.0. The predicted octanol–water partition coefficient (Wildman–Crippen LogP) is 8.08. The molecule has 5 nitrogen and oxygen atoms in total. The van der Waals surface area contributed by atoms with Gasteiger partial charge in [0.15, 0.2) is 0 Å². The second-order valence-corrected chi connectivity index (χ2v) is 16.0. The lowest BCUT2D eigenvalue weighted by atomic mass is 9.33. The number of aromatic amines is 1. The van der Waals surface area contributed by atoms with Crippen molar-refractivity contribution in [2.45, 2.75) is 119 Å². The summed E-state index contributed by atoms with van der Waals surface area (Å²) in [5.41, 5.74) is 11.4. The van der Waals surface area contributed by atoms with Gasteiger partial charge in [-0.05, 0) is 103 Å². The monoisotopic (exact) mass is 535 g/mol. The molecule has 0 spiro atoms. The van der Waals surface area contributed by atoms with Crippen LogP contribution in [0.4, 0.5) is 5.82 Å². The SMILES string of the molecule is C.C=CC1=C2[C@@H]3CC(C)(C)CC[C@]3(C(=O)O)CC[C@@]2(C)[C@]2(C)CC[C@H]3C(C)(C)c4[nH]nc(N)c4C[C@]3(C)C2C1. The molecule has 1 unspecified atom stereocenters. The second-order valence-electron chi connectivity index (χ2n) is 16.0. The number of aromatic nitrogens is 2. The van der Waals surface area contributed by atoms with Crippen molar-refractivity contribution in [3.8, 4) is 0 Å². The van der Waals surface area contributed by atoms with E-state index in [9.17, 15) is 9.90 Å². The third kappa shape index (κ3) is 3.31. The smallest absolute Gasteiger partial charge is 0.310 e. The second kappa shape index (κ2) is 8.26. The van der Waals surface area contributed by atoms with Crippen LogP contribution in [0.3, 0.4) is 0 Å². The van der Waals surface area contributed by atoms with Crippen LogP contribution in [0.2, 0.25) is 0 Å². The van der Waals surface area contributed by atoms with Gasteiger partial charge in [0.1, 0.15) is 5.82 Å². The van der Waals surface area contributed by atoms with Crippen molar-refractivity contribution in [1.82, 2.24) is 10.2 Å². The van der Waals surface area contributed by atoms with Crippen LogP contribution in [0.5, 0.6) is 0 Å². The number of aliphatic carboxylic acids is 1. The van der Waals surface area contributed by atoms with Crippen LogP contribution in [0, 0.1) is 44.8 Å². The van der Waals surface area contributed by atoms with E-state index >= 15 is 0 Å². The van der Waals surface area contributed by atoms with Gasteiger partial charge in [-0.2, -0.15) is 5.10 Å². The molecule has 1 aromatic heterocycles. The molecule has 0 amide bonds. The average Bonchev–Trinajstić information content (AvgIpc) is 3.19. The zero-order chi connectivity index (χ0) is 27.7. The number of carboxylic acid groups (broad SMARTS) is 1. The number of H-pyrrole nitrogens is 1. The van der Waals surface area contributed by atoms with Gasteiger partial charge in [0, 0.05) is 16.7 Å². The summed E-state index contributed by atoms with van der Waals surface area (Å²) in [7, 11) is 0. The van der Waals surface area contributed by atoms with E-state index in [1.54, 1.807) is 0 Å². The molecule has 39 heavy (non-hydrogen) atoms. The first kappa shape index (κ1) is 28.5. The first-order valence-electron chi connectivity index (χ1n) is 15.0. The molecule has 3 fully saturated rings. The molecule has 5 aliphatic carbocycles. The standard InChI is InChI=1S/C33H49N3O2.CH4/c1-9-19-16-23-30(6)17-20-25(35-36-26(20)34)29(4,5)22(30)10-11-31(23,7)32(8)13-15-33(27(37)38)14-12-28(2,3)18-21(33)24(19)32;/h9,21-23H,1,10-18H2,2-8H3,(H,37,38)(H3,34,35,36);1H4/t21-,22-,23?,30-,31+,32+,33-;/m0./s1. The van der Waals surface area contributed by atoms with Gasteiger partial charge in [0.25, 0.3) is 0 Å². The van der Waals surface area contributed by atoms with Crippen molar-refractivity contribution >= 4 is 11.8 Å². The molecule has 0 radical (unpaired) electrons. The number of rotatable bonds is 2. The van der Waals surface area contributed by atoms with E-state index in [1.165, 1.54) is 35.2 Å². The van der Waals surface area contributed by atoms with E-state index in [-0.39, 0.29) is 40.4 Å². The average molecular weight is 536 g/mol. The van der Waals surface area contributed by atoms with Gasteiger partial charge in [0.05, 0.1) is 5.41 Å². The summed E-state index contributed by atoms with van der Waals surface area (Å²) >= 11 is 0. The highest BCUT2D eigenvalue weighted by molar-refractivity contribution is 5.77. The van der Waals surface area contributed by atoms with E-state index in [4.69, 9.17) is 5.73 Å². The number of nitrogens with one attached hydrogen (secondary N) is 1. The molecule has 3 saturated carbocycles. The number of nitrogens with two attached hydrogens (primary N) is 1. The first-order chi connectivity index (χ1) is 17.6. The number of carboxylic acids is 1. The van der Waals surface area contributed by atoms with E-state index in [0.717, 1.165) is 44.9 Å². The minimum absolute atomic E-state index is 0. The molecule has 1 aromatic rings. The molecule has 7 atom stereocenters. The van der Waals surface area contributed by atoms with Crippen LogP contribution in [-0.4, -0.2) is 21.3 Å². The summed E-state index contributed by atoms with van der Waals surface area (Å²) < 4.78 is 0. The van der Waals surface area contributed by atoms with Crippen LogP contribution in [-0.2, 0) is 16.6 Å². The highest BCUT2D eigenvalue weighted by atomic mass is 16.4. The topological polar surface area (TPSA) is 92.0 Å². The van der Waals surface area contributed by atoms with Gasteiger partial charge in [-0.25, -0.2) is 0 Å². The summed E-state index contributed by atoms with van der Waals surface area (Å²) in [6, 6.07) is 0. The Morgan fingerprint density at radius 1 is 1.05 bits per heavy atom. The fraction of sp³-hybridized carbons (Fsp3) is 0.765. The van der Waals surface area contributed by atoms with Crippen LogP contribution in [0.1, 0.15) is 119 Å². The van der Waals surface area contributed by atoms with Gasteiger partial charge in [-0.3, -0.25) is 9.89 Å². The highest BCUT2D eigenvalue weighted by Crippen LogP contribution is 2.76. The Balaban J connectivity index is 0.00000308. The third-order valence-electron chi connectivity index (χ3n) is 13.7. The minimum atomic E-state index is -0.629. The Labute approximate surface area is 236 Å². The first-order valence-corrected chi connectivity index (χ1v) is 15.0. The fourth-order valence-electron chi connectivity index (χ4n) is 11.4. The number of allylic oxidation sites excluding steroid dienone is 3. The number of fused-ring (bicyclic) bond motifs is 8. The van der Waals surface area contributed by atoms with Crippen LogP contribution < -0.4 is 5.73 Å². The molecule has 4 N–H and O–H groups in total. The van der Waals surface area contributed by atoms with Crippen molar-refractivity contribution in [1.29, 1.82) is 0 Å². The Kier molecular flexibility index (Phi) is 6.03. The van der Waals surface area contributed by atoms with Crippen molar-refractivity contribution in [2.24, 2.45) is 44.8 Å². The maximum absolute atomic E-state index is 13.0. The van der Waals surface area contributed by atoms with Crippen molar-refractivity contribution in [2.75, 3.05) is 5.73 Å². The molecule has 6 rings (SSSR count). The summed E-state index contributed by atoms with van der Waals surface area (Å²) in [5, 5.41) is 18.5. The minimum Gasteiger partial charge on any atom is -0.481 e. The van der Waals surface area contributed by atoms with Crippen LogP contribution in [0.15, 0.2) is 23.8 Å². The summed E-state index contributed by atoms with van der Waals surface area (Å²) in [5.74, 6) is 1.20. The zero-order valence-electron chi connectivity index (χ0n) is 24.8. The van der Waals surface area contributed by atoms with Crippen LogP contribution >= 0.6 is 0 Å². The molecule has 0 bridgehead atoms. The van der Waals surface area contributed by atoms with E-state index in [0.29, 0.717) is 17.7 Å². The van der Waals surface area contributed by atoms with Gasteiger partial charge in [-0.1, -0.05) is 74.1 Å². The molecule has 0 saturated heterocycles. The Morgan fingerprint density at radius 2 is 1.72 bits per heavy atom. The fourth-order valence-corrected chi connectivity index (χ4v) is 11.4. The molecule has 5 aliphatic rings. The van der Waals surface area contributed by atoms with Gasteiger partial charge < -0.3 is 10.8 Å². The Hall–Kier alpha value is -2.04. The van der Waals surface area contributed by atoms with Crippen molar-refractivity contribution < 1.29 is 9.90 Å². The third-order valence-corrected chi connectivity index (χ3v) is 13.7. The Morgan fingerprint density at radius 3 is 2.36 bits per heavy atom. The summed E-state index contributed by atoms with van der Waals surface area (Å²) in [4.78, 5) is 13.0. The van der Waals surface area contributed by atoms with Crippen LogP contribution in [0.25, 0.3) is 0 Å².